The van der Waals surface area contributed by atoms with Gasteiger partial charge in [-0.2, -0.15) is 0 Å². The zero-order valence-corrected chi connectivity index (χ0v) is 15.3. The normalized spacial score (nSPS) is 21.9. The van der Waals surface area contributed by atoms with Gasteiger partial charge in [0.1, 0.15) is 11.1 Å². The van der Waals surface area contributed by atoms with Crippen LogP contribution in [0.5, 0.6) is 0 Å². The molecule has 1 N–H and O–H groups in total. The van der Waals surface area contributed by atoms with Crippen LogP contribution in [-0.4, -0.2) is 39.8 Å². The molecule has 22 heavy (non-hydrogen) atoms. The van der Waals surface area contributed by atoms with E-state index in [0.717, 1.165) is 8.66 Å². The maximum absolute atomic E-state index is 12.4. The summed E-state index contributed by atoms with van der Waals surface area (Å²) in [4.78, 5) is 26.7. The van der Waals surface area contributed by atoms with E-state index < -0.39 is 23.2 Å². The molecule has 1 aromatic rings. The summed E-state index contributed by atoms with van der Waals surface area (Å²) in [6.45, 7) is 5.74. The van der Waals surface area contributed by atoms with Gasteiger partial charge in [0.05, 0.1) is 3.79 Å². The van der Waals surface area contributed by atoms with Crippen LogP contribution in [0, 0.1) is 0 Å². The second-order valence-electron chi connectivity index (χ2n) is 6.45. The van der Waals surface area contributed by atoms with Crippen LogP contribution in [0.1, 0.15) is 38.5 Å². The van der Waals surface area contributed by atoms with E-state index in [4.69, 9.17) is 4.74 Å². The number of carbonyl (C=O) groups excluding carboxylic acids is 1. The van der Waals surface area contributed by atoms with Crippen molar-refractivity contribution in [3.63, 3.8) is 0 Å². The van der Waals surface area contributed by atoms with Crippen LogP contribution >= 0.6 is 27.3 Å². The van der Waals surface area contributed by atoms with Gasteiger partial charge in [-0.3, -0.25) is 4.90 Å². The van der Waals surface area contributed by atoms with Crippen LogP contribution < -0.4 is 0 Å². The van der Waals surface area contributed by atoms with Gasteiger partial charge in [-0.1, -0.05) is 0 Å². The van der Waals surface area contributed by atoms with Crippen molar-refractivity contribution >= 4 is 39.3 Å². The third-order valence-electron chi connectivity index (χ3n) is 3.60. The molecule has 0 aromatic carbocycles. The fourth-order valence-electron chi connectivity index (χ4n) is 2.68. The number of halogens is 1. The van der Waals surface area contributed by atoms with Crippen molar-refractivity contribution in [2.75, 3.05) is 6.54 Å². The molecule has 0 saturated carbocycles. The highest BCUT2D eigenvalue weighted by Gasteiger charge is 2.51. The number of carboxylic acid groups (broad SMARTS) is 1. The highest BCUT2D eigenvalue weighted by molar-refractivity contribution is 9.11. The van der Waals surface area contributed by atoms with Crippen molar-refractivity contribution in [2.45, 2.75) is 51.2 Å². The standard InChI is InChI=1S/C15H20BrNO4S/c1-14(2,3)21-13(20)17-8-4-7-15(17,12(18)19)9-10-5-6-11(16)22-10/h5-6H,4,7-9H2,1-3H3,(H,18,19)/t15-/m0/s1. The van der Waals surface area contributed by atoms with Crippen molar-refractivity contribution in [3.8, 4) is 0 Å². The van der Waals surface area contributed by atoms with E-state index in [2.05, 4.69) is 15.9 Å². The minimum Gasteiger partial charge on any atom is -0.479 e. The number of thiophene rings is 1. The molecule has 2 rings (SSSR count). The van der Waals surface area contributed by atoms with Gasteiger partial charge < -0.3 is 9.84 Å². The van der Waals surface area contributed by atoms with Gasteiger partial charge in [-0.15, -0.1) is 11.3 Å². The Morgan fingerprint density at radius 1 is 1.45 bits per heavy atom. The second kappa shape index (κ2) is 6.20. The average molecular weight is 390 g/mol. The van der Waals surface area contributed by atoms with E-state index in [1.54, 1.807) is 20.8 Å². The number of hydrogen-bond donors (Lipinski definition) is 1. The molecule has 1 aliphatic heterocycles. The number of carbonyl (C=O) groups is 2. The van der Waals surface area contributed by atoms with E-state index in [1.807, 2.05) is 12.1 Å². The molecule has 0 bridgehead atoms. The van der Waals surface area contributed by atoms with E-state index in [1.165, 1.54) is 16.2 Å². The van der Waals surface area contributed by atoms with Crippen LogP contribution in [0.2, 0.25) is 0 Å². The predicted octanol–water partition coefficient (Wildman–Crippen LogP) is 3.91. The van der Waals surface area contributed by atoms with Crippen molar-refractivity contribution in [2.24, 2.45) is 0 Å². The van der Waals surface area contributed by atoms with Gasteiger partial charge in [0.2, 0.25) is 0 Å². The molecule has 1 saturated heterocycles. The summed E-state index contributed by atoms with van der Waals surface area (Å²) in [5.74, 6) is -0.972. The predicted molar refractivity (Wildman–Crippen MR) is 88.3 cm³/mol. The van der Waals surface area contributed by atoms with E-state index in [-0.39, 0.29) is 0 Å². The topological polar surface area (TPSA) is 66.8 Å². The lowest BCUT2D eigenvalue weighted by atomic mass is 9.91. The molecule has 1 aliphatic rings. The fourth-order valence-corrected chi connectivity index (χ4v) is 4.27. The lowest BCUT2D eigenvalue weighted by molar-refractivity contribution is -0.149. The molecule has 122 valence electrons. The van der Waals surface area contributed by atoms with Crippen molar-refractivity contribution in [1.29, 1.82) is 0 Å². The van der Waals surface area contributed by atoms with Crippen LogP contribution in [-0.2, 0) is 16.0 Å². The number of aliphatic carboxylic acids is 1. The Bertz CT molecular complexity index is 580. The van der Waals surface area contributed by atoms with Crippen LogP contribution in [0.25, 0.3) is 0 Å². The Balaban J connectivity index is 2.28. The lowest BCUT2D eigenvalue weighted by Crippen LogP contribution is -2.55. The van der Waals surface area contributed by atoms with Crippen LogP contribution in [0.15, 0.2) is 15.9 Å². The summed E-state index contributed by atoms with van der Waals surface area (Å²) in [6, 6.07) is 3.79. The number of carboxylic acids is 1. The molecule has 1 amide bonds. The minimum atomic E-state index is -1.22. The first-order valence-electron chi connectivity index (χ1n) is 7.12. The molecular formula is C15H20BrNO4S. The quantitative estimate of drug-likeness (QED) is 0.850. The number of nitrogens with zero attached hydrogens (tertiary/aromatic N) is 1. The van der Waals surface area contributed by atoms with Gasteiger partial charge in [0, 0.05) is 17.8 Å². The van der Waals surface area contributed by atoms with Gasteiger partial charge in [0.15, 0.2) is 0 Å². The Kier molecular flexibility index (Phi) is 4.87. The Morgan fingerprint density at radius 3 is 2.64 bits per heavy atom. The molecule has 0 spiro atoms. The summed E-state index contributed by atoms with van der Waals surface area (Å²) in [5, 5.41) is 9.79. The number of rotatable bonds is 3. The average Bonchev–Trinajstić information content (AvgIpc) is 2.95. The first-order chi connectivity index (χ1) is 10.1. The minimum absolute atomic E-state index is 0.303. The third kappa shape index (κ3) is 3.63. The molecular weight excluding hydrogens is 370 g/mol. The second-order valence-corrected chi connectivity index (χ2v) is 9.00. The molecule has 1 aromatic heterocycles. The lowest BCUT2D eigenvalue weighted by Gasteiger charge is -2.35. The molecule has 1 atom stereocenters. The zero-order chi connectivity index (χ0) is 16.5. The van der Waals surface area contributed by atoms with Crippen molar-refractivity contribution in [1.82, 2.24) is 4.90 Å². The fraction of sp³-hybridized carbons (Fsp3) is 0.600. The number of hydrogen-bond acceptors (Lipinski definition) is 4. The van der Waals surface area contributed by atoms with Crippen molar-refractivity contribution < 1.29 is 19.4 Å². The maximum Gasteiger partial charge on any atom is 0.411 e. The molecule has 7 heteroatoms. The highest BCUT2D eigenvalue weighted by Crippen LogP contribution is 2.36. The van der Waals surface area contributed by atoms with Gasteiger partial charge in [-0.25, -0.2) is 9.59 Å². The summed E-state index contributed by atoms with van der Waals surface area (Å²) in [6.07, 6.45) is 0.857. The Hall–Kier alpha value is -1.08. The molecule has 5 nitrogen and oxygen atoms in total. The summed E-state index contributed by atoms with van der Waals surface area (Å²) in [7, 11) is 0. The largest absolute Gasteiger partial charge is 0.479 e. The molecule has 0 radical (unpaired) electrons. The van der Waals surface area contributed by atoms with Crippen LogP contribution in [0.3, 0.4) is 0 Å². The van der Waals surface area contributed by atoms with E-state index in [9.17, 15) is 14.7 Å². The number of ether oxygens (including phenoxy) is 1. The van der Waals surface area contributed by atoms with Gasteiger partial charge >= 0.3 is 12.1 Å². The SMILES string of the molecule is CC(C)(C)OC(=O)N1CCC[C@]1(Cc1ccc(Br)s1)C(=O)O. The smallest absolute Gasteiger partial charge is 0.411 e. The molecule has 0 aliphatic carbocycles. The first-order valence-corrected chi connectivity index (χ1v) is 8.73. The third-order valence-corrected chi connectivity index (χ3v) is 5.22. The van der Waals surface area contributed by atoms with E-state index >= 15 is 0 Å². The molecule has 2 heterocycles. The monoisotopic (exact) mass is 389 g/mol. The van der Waals surface area contributed by atoms with Crippen LogP contribution in [0.4, 0.5) is 4.79 Å². The Morgan fingerprint density at radius 2 is 2.14 bits per heavy atom. The number of amides is 1. The van der Waals surface area contributed by atoms with E-state index in [0.29, 0.717) is 25.8 Å². The summed E-state index contributed by atoms with van der Waals surface area (Å²) >= 11 is 4.88. The number of likely N-dealkylation sites (tertiary alicyclic amines) is 1. The van der Waals surface area contributed by atoms with Gasteiger partial charge in [0.25, 0.3) is 0 Å². The highest BCUT2D eigenvalue weighted by atomic mass is 79.9. The zero-order valence-electron chi connectivity index (χ0n) is 12.9. The summed E-state index contributed by atoms with van der Waals surface area (Å²) < 4.78 is 6.34. The maximum atomic E-state index is 12.4. The molecule has 0 unspecified atom stereocenters. The van der Waals surface area contributed by atoms with Gasteiger partial charge in [-0.05, 0) is 61.7 Å². The Labute approximate surface area is 142 Å². The van der Waals surface area contributed by atoms with Crippen molar-refractivity contribution in [3.05, 3.63) is 20.8 Å². The molecule has 1 fully saturated rings. The first kappa shape index (κ1) is 17.3. The summed E-state index contributed by atoms with van der Waals surface area (Å²) in [5.41, 5.74) is -1.86.